The fourth-order valence-corrected chi connectivity index (χ4v) is 2.36. The molecule has 0 aliphatic carbocycles. The van der Waals surface area contributed by atoms with E-state index in [4.69, 9.17) is 0 Å². The quantitative estimate of drug-likeness (QED) is 0.904. The Morgan fingerprint density at radius 3 is 2.65 bits per heavy atom. The highest BCUT2D eigenvalue weighted by atomic mass is 16.4. The molecule has 1 aromatic heterocycles. The first-order valence-corrected chi connectivity index (χ1v) is 6.94. The van der Waals surface area contributed by atoms with Crippen molar-refractivity contribution < 1.29 is 9.90 Å². The zero-order valence-electron chi connectivity index (χ0n) is 12.1. The van der Waals surface area contributed by atoms with Gasteiger partial charge in [0.2, 0.25) is 0 Å². The maximum absolute atomic E-state index is 11.5. The molecule has 1 heterocycles. The van der Waals surface area contributed by atoms with Crippen molar-refractivity contribution in [1.82, 2.24) is 4.98 Å². The van der Waals surface area contributed by atoms with Crippen LogP contribution in [0.2, 0.25) is 0 Å². The average molecular weight is 272 g/mol. The Hall–Kier alpha value is -2.10. The van der Waals surface area contributed by atoms with E-state index in [1.54, 1.807) is 12.1 Å². The lowest BCUT2D eigenvalue weighted by Crippen LogP contribution is -2.32. The SMILES string of the molecule is CCCN(c1cc(C(=O)O)c2ccccc2n1)C(C)C. The summed E-state index contributed by atoms with van der Waals surface area (Å²) in [7, 11) is 0. The highest BCUT2D eigenvalue weighted by molar-refractivity contribution is 6.03. The topological polar surface area (TPSA) is 53.4 Å². The standard InChI is InChI=1S/C16H20N2O2/c1-4-9-18(11(2)3)15-10-13(16(19)20)12-7-5-6-8-14(12)17-15/h5-8,10-11H,4,9H2,1-3H3,(H,19,20). The van der Waals surface area contributed by atoms with E-state index >= 15 is 0 Å². The number of pyridine rings is 1. The average Bonchev–Trinajstić information content (AvgIpc) is 2.43. The first-order valence-electron chi connectivity index (χ1n) is 6.94. The highest BCUT2D eigenvalue weighted by Gasteiger charge is 2.16. The summed E-state index contributed by atoms with van der Waals surface area (Å²) in [5, 5.41) is 10.1. The van der Waals surface area contributed by atoms with Gasteiger partial charge in [0.15, 0.2) is 0 Å². The summed E-state index contributed by atoms with van der Waals surface area (Å²) in [6, 6.07) is 9.34. The number of nitrogens with zero attached hydrogens (tertiary/aromatic N) is 2. The lowest BCUT2D eigenvalue weighted by molar-refractivity contribution is 0.0699. The number of carbonyl (C=O) groups is 1. The van der Waals surface area contributed by atoms with Gasteiger partial charge >= 0.3 is 5.97 Å². The summed E-state index contributed by atoms with van der Waals surface area (Å²) in [5.74, 6) is -0.178. The molecule has 1 aromatic carbocycles. The fraction of sp³-hybridized carbons (Fsp3) is 0.375. The molecule has 0 radical (unpaired) electrons. The summed E-state index contributed by atoms with van der Waals surface area (Å²) < 4.78 is 0. The van der Waals surface area contributed by atoms with Crippen LogP contribution in [0.4, 0.5) is 5.82 Å². The molecule has 0 spiro atoms. The number of hydrogen-bond acceptors (Lipinski definition) is 3. The van der Waals surface area contributed by atoms with E-state index in [0.29, 0.717) is 10.9 Å². The summed E-state index contributed by atoms with van der Waals surface area (Å²) in [6.45, 7) is 7.15. The Balaban J connectivity index is 2.62. The Kier molecular flexibility index (Phi) is 4.23. The molecule has 0 fully saturated rings. The van der Waals surface area contributed by atoms with Crippen LogP contribution in [0.3, 0.4) is 0 Å². The Bertz CT molecular complexity index is 623. The minimum Gasteiger partial charge on any atom is -0.478 e. The van der Waals surface area contributed by atoms with E-state index in [1.165, 1.54) is 0 Å². The Labute approximate surface area is 119 Å². The van der Waals surface area contributed by atoms with Gasteiger partial charge in [-0.05, 0) is 32.4 Å². The molecule has 0 aliphatic rings. The summed E-state index contributed by atoms with van der Waals surface area (Å²) >= 11 is 0. The number of carboxylic acids is 1. The van der Waals surface area contributed by atoms with E-state index in [2.05, 4.69) is 30.7 Å². The van der Waals surface area contributed by atoms with E-state index in [9.17, 15) is 9.90 Å². The van der Waals surface area contributed by atoms with Crippen LogP contribution in [0.25, 0.3) is 10.9 Å². The molecule has 2 rings (SSSR count). The summed E-state index contributed by atoms with van der Waals surface area (Å²) in [5.41, 5.74) is 1.04. The van der Waals surface area contributed by atoms with Crippen molar-refractivity contribution in [2.45, 2.75) is 33.2 Å². The normalized spacial score (nSPS) is 11.0. The number of carboxylic acid groups (broad SMARTS) is 1. The van der Waals surface area contributed by atoms with Crippen molar-refractivity contribution in [2.24, 2.45) is 0 Å². The number of aromatic nitrogens is 1. The van der Waals surface area contributed by atoms with Crippen molar-refractivity contribution in [2.75, 3.05) is 11.4 Å². The van der Waals surface area contributed by atoms with Gasteiger partial charge in [0, 0.05) is 18.0 Å². The van der Waals surface area contributed by atoms with Crippen LogP contribution in [0.15, 0.2) is 30.3 Å². The minimum absolute atomic E-state index is 0.283. The fourth-order valence-electron chi connectivity index (χ4n) is 2.36. The molecule has 1 N–H and O–H groups in total. The second-order valence-corrected chi connectivity index (χ2v) is 5.14. The van der Waals surface area contributed by atoms with Gasteiger partial charge in [-0.1, -0.05) is 25.1 Å². The first-order chi connectivity index (χ1) is 9.54. The molecule has 0 aliphatic heterocycles. The minimum atomic E-state index is -0.912. The van der Waals surface area contributed by atoms with Gasteiger partial charge in [-0.15, -0.1) is 0 Å². The van der Waals surface area contributed by atoms with Crippen molar-refractivity contribution in [3.63, 3.8) is 0 Å². The third-order valence-corrected chi connectivity index (χ3v) is 3.32. The third kappa shape index (κ3) is 2.74. The zero-order chi connectivity index (χ0) is 14.7. The lowest BCUT2D eigenvalue weighted by Gasteiger charge is -2.28. The van der Waals surface area contributed by atoms with Crippen LogP contribution in [0.5, 0.6) is 0 Å². The van der Waals surface area contributed by atoms with Gasteiger partial charge in [0.05, 0.1) is 11.1 Å². The lowest BCUT2D eigenvalue weighted by atomic mass is 10.1. The number of aromatic carboxylic acids is 1. The Morgan fingerprint density at radius 1 is 1.35 bits per heavy atom. The van der Waals surface area contributed by atoms with Crippen molar-refractivity contribution >= 4 is 22.7 Å². The van der Waals surface area contributed by atoms with Crippen LogP contribution in [0.1, 0.15) is 37.6 Å². The van der Waals surface area contributed by atoms with Gasteiger partial charge in [0.1, 0.15) is 5.82 Å². The summed E-state index contributed by atoms with van der Waals surface area (Å²) in [6.07, 6.45) is 0.995. The number of rotatable bonds is 5. The van der Waals surface area contributed by atoms with Gasteiger partial charge in [-0.3, -0.25) is 0 Å². The number of fused-ring (bicyclic) bond motifs is 1. The molecular formula is C16H20N2O2. The molecule has 0 saturated heterocycles. The van der Waals surface area contributed by atoms with Crippen LogP contribution < -0.4 is 4.90 Å². The molecule has 2 aromatic rings. The van der Waals surface area contributed by atoms with E-state index < -0.39 is 5.97 Å². The van der Waals surface area contributed by atoms with E-state index in [1.807, 2.05) is 18.2 Å². The predicted octanol–water partition coefficient (Wildman–Crippen LogP) is 3.56. The molecule has 0 saturated carbocycles. The van der Waals surface area contributed by atoms with E-state index in [0.717, 1.165) is 24.3 Å². The van der Waals surface area contributed by atoms with Gasteiger partial charge in [0.25, 0.3) is 0 Å². The van der Waals surface area contributed by atoms with Crippen LogP contribution in [0, 0.1) is 0 Å². The second kappa shape index (κ2) is 5.90. The van der Waals surface area contributed by atoms with Gasteiger partial charge < -0.3 is 10.0 Å². The zero-order valence-corrected chi connectivity index (χ0v) is 12.1. The molecule has 20 heavy (non-hydrogen) atoms. The number of para-hydroxylation sites is 1. The maximum atomic E-state index is 11.5. The molecule has 0 atom stereocenters. The van der Waals surface area contributed by atoms with Gasteiger partial charge in [-0.25, -0.2) is 9.78 Å². The molecule has 0 unspecified atom stereocenters. The van der Waals surface area contributed by atoms with Crippen LogP contribution in [-0.2, 0) is 0 Å². The van der Waals surface area contributed by atoms with Crippen LogP contribution in [-0.4, -0.2) is 28.6 Å². The second-order valence-electron chi connectivity index (χ2n) is 5.14. The summed E-state index contributed by atoms with van der Waals surface area (Å²) in [4.78, 5) is 18.2. The largest absolute Gasteiger partial charge is 0.478 e. The molecular weight excluding hydrogens is 252 g/mol. The molecule has 0 amide bonds. The first kappa shape index (κ1) is 14.3. The van der Waals surface area contributed by atoms with Crippen molar-refractivity contribution in [1.29, 1.82) is 0 Å². The third-order valence-electron chi connectivity index (χ3n) is 3.32. The Morgan fingerprint density at radius 2 is 2.05 bits per heavy atom. The van der Waals surface area contributed by atoms with Gasteiger partial charge in [-0.2, -0.15) is 0 Å². The van der Waals surface area contributed by atoms with Crippen molar-refractivity contribution in [3.8, 4) is 0 Å². The van der Waals surface area contributed by atoms with Crippen LogP contribution >= 0.6 is 0 Å². The monoisotopic (exact) mass is 272 g/mol. The number of anilines is 1. The van der Waals surface area contributed by atoms with E-state index in [-0.39, 0.29) is 6.04 Å². The molecule has 106 valence electrons. The maximum Gasteiger partial charge on any atom is 0.336 e. The molecule has 4 heteroatoms. The molecule has 4 nitrogen and oxygen atoms in total. The smallest absolute Gasteiger partial charge is 0.336 e. The number of benzene rings is 1. The predicted molar refractivity (Wildman–Crippen MR) is 81.5 cm³/mol. The number of hydrogen-bond donors (Lipinski definition) is 1. The highest BCUT2D eigenvalue weighted by Crippen LogP contribution is 2.24. The molecule has 0 bridgehead atoms. The van der Waals surface area contributed by atoms with Crippen molar-refractivity contribution in [3.05, 3.63) is 35.9 Å².